The lowest BCUT2D eigenvalue weighted by molar-refractivity contribution is -0.263. The smallest absolute Gasteiger partial charge is 0.147 e. The summed E-state index contributed by atoms with van der Waals surface area (Å²) in [6.07, 6.45) is 0.481. The maximum absolute atomic E-state index is 6.20. The Kier molecular flexibility index (Phi) is 3.27. The molecule has 1 aromatic carbocycles. The molecule has 0 spiro atoms. The van der Waals surface area contributed by atoms with Crippen molar-refractivity contribution < 1.29 is 18.9 Å². The van der Waals surface area contributed by atoms with Crippen LogP contribution in [0.5, 0.6) is 0 Å². The van der Waals surface area contributed by atoms with Gasteiger partial charge in [-0.05, 0) is 11.5 Å². The zero-order chi connectivity index (χ0) is 13.5. The van der Waals surface area contributed by atoms with E-state index in [2.05, 4.69) is 19.1 Å². The number of hydrogen-bond acceptors (Lipinski definition) is 4. The molecule has 20 heavy (non-hydrogen) atoms. The Morgan fingerprint density at radius 3 is 2.90 bits per heavy atom. The molecule has 1 aromatic rings. The van der Waals surface area contributed by atoms with E-state index in [1.54, 1.807) is 0 Å². The van der Waals surface area contributed by atoms with E-state index in [-0.39, 0.29) is 18.3 Å². The first kappa shape index (κ1) is 12.8. The van der Waals surface area contributed by atoms with E-state index in [1.165, 1.54) is 5.56 Å². The van der Waals surface area contributed by atoms with E-state index in [9.17, 15) is 0 Å². The Labute approximate surface area is 119 Å². The summed E-state index contributed by atoms with van der Waals surface area (Å²) in [7, 11) is 0. The molecule has 0 bridgehead atoms. The molecule has 2 heterocycles. The number of benzene rings is 1. The lowest BCUT2D eigenvalue weighted by atomic mass is 10.00. The first-order chi connectivity index (χ1) is 9.84. The van der Waals surface area contributed by atoms with Gasteiger partial charge in [0.15, 0.2) is 0 Å². The van der Waals surface area contributed by atoms with Crippen molar-refractivity contribution in [2.75, 3.05) is 13.4 Å². The number of hydrogen-bond donors (Lipinski definition) is 0. The van der Waals surface area contributed by atoms with Gasteiger partial charge in [-0.1, -0.05) is 37.3 Å². The fourth-order valence-corrected chi connectivity index (χ4v) is 3.47. The SMILES string of the molecule is C[C@H]1C2O[C@@H]3COCOC3[C@H](OCc3ccccc3)[C@H]21. The summed E-state index contributed by atoms with van der Waals surface area (Å²) >= 11 is 0. The summed E-state index contributed by atoms with van der Waals surface area (Å²) in [5, 5.41) is 0. The van der Waals surface area contributed by atoms with Crippen molar-refractivity contribution in [3.63, 3.8) is 0 Å². The summed E-state index contributed by atoms with van der Waals surface area (Å²) in [4.78, 5) is 0. The molecule has 2 aliphatic heterocycles. The molecule has 3 fully saturated rings. The third-order valence-electron chi connectivity index (χ3n) is 4.68. The lowest BCUT2D eigenvalue weighted by Crippen LogP contribution is -2.53. The minimum atomic E-state index is 0.0127. The molecule has 6 atom stereocenters. The first-order valence-electron chi connectivity index (χ1n) is 7.35. The molecule has 0 N–H and O–H groups in total. The Bertz CT molecular complexity index is 463. The topological polar surface area (TPSA) is 36.9 Å². The van der Waals surface area contributed by atoms with Crippen molar-refractivity contribution >= 4 is 0 Å². The van der Waals surface area contributed by atoms with Crippen LogP contribution in [-0.4, -0.2) is 37.8 Å². The zero-order valence-corrected chi connectivity index (χ0v) is 11.6. The second-order valence-corrected chi connectivity index (χ2v) is 5.96. The molecule has 4 heteroatoms. The number of ether oxygens (including phenoxy) is 4. The third kappa shape index (κ3) is 2.17. The molecule has 0 radical (unpaired) electrons. The van der Waals surface area contributed by atoms with Crippen molar-refractivity contribution in [3.05, 3.63) is 35.9 Å². The predicted molar refractivity (Wildman–Crippen MR) is 72.0 cm³/mol. The van der Waals surface area contributed by atoms with Crippen molar-refractivity contribution in [1.82, 2.24) is 0 Å². The van der Waals surface area contributed by atoms with E-state index >= 15 is 0 Å². The number of rotatable bonds is 3. The van der Waals surface area contributed by atoms with Crippen LogP contribution in [0.25, 0.3) is 0 Å². The Morgan fingerprint density at radius 1 is 1.20 bits per heavy atom. The average Bonchev–Trinajstić information content (AvgIpc) is 3.15. The van der Waals surface area contributed by atoms with Crippen molar-refractivity contribution in [1.29, 1.82) is 0 Å². The van der Waals surface area contributed by atoms with Crippen LogP contribution >= 0.6 is 0 Å². The normalized spacial score (nSPS) is 42.6. The second-order valence-electron chi connectivity index (χ2n) is 5.96. The van der Waals surface area contributed by atoms with Crippen LogP contribution in [0.1, 0.15) is 12.5 Å². The Hall–Kier alpha value is -0.940. The molecule has 4 nitrogen and oxygen atoms in total. The van der Waals surface area contributed by atoms with Gasteiger partial charge in [0.05, 0.1) is 25.4 Å². The van der Waals surface area contributed by atoms with Crippen LogP contribution in [-0.2, 0) is 25.6 Å². The molecule has 2 unspecified atom stereocenters. The predicted octanol–water partition coefficient (Wildman–Crippen LogP) is 1.98. The summed E-state index contributed by atoms with van der Waals surface area (Å²) in [5.41, 5.74) is 1.20. The maximum atomic E-state index is 6.20. The summed E-state index contributed by atoms with van der Waals surface area (Å²) < 4.78 is 23.3. The van der Waals surface area contributed by atoms with Crippen molar-refractivity contribution in [3.8, 4) is 0 Å². The molecule has 3 aliphatic rings. The molecule has 0 aromatic heterocycles. The van der Waals surface area contributed by atoms with Crippen LogP contribution in [0.2, 0.25) is 0 Å². The second kappa shape index (κ2) is 5.11. The molecule has 0 amide bonds. The Balaban J connectivity index is 1.47. The largest absolute Gasteiger partial charge is 0.370 e. The molecule has 1 aliphatic carbocycles. The van der Waals surface area contributed by atoms with Gasteiger partial charge >= 0.3 is 0 Å². The van der Waals surface area contributed by atoms with Gasteiger partial charge in [-0.3, -0.25) is 0 Å². The van der Waals surface area contributed by atoms with Gasteiger partial charge in [-0.25, -0.2) is 0 Å². The molecular formula is C16H20O4. The molecule has 2 saturated heterocycles. The van der Waals surface area contributed by atoms with E-state index < -0.39 is 0 Å². The van der Waals surface area contributed by atoms with Gasteiger partial charge in [0.2, 0.25) is 0 Å². The van der Waals surface area contributed by atoms with Gasteiger partial charge < -0.3 is 18.9 Å². The minimum Gasteiger partial charge on any atom is -0.370 e. The van der Waals surface area contributed by atoms with Gasteiger partial charge in [-0.2, -0.15) is 0 Å². The number of fused-ring (bicyclic) bond motifs is 2. The van der Waals surface area contributed by atoms with Gasteiger partial charge in [-0.15, -0.1) is 0 Å². The van der Waals surface area contributed by atoms with E-state index in [4.69, 9.17) is 18.9 Å². The standard InChI is InChI=1S/C16H20O4/c1-10-13-14(10)20-12-8-17-9-19-15(12)16(13)18-7-11-5-3-2-4-6-11/h2-6,10,12-16H,7-9H2,1H3/t10-,12-,13+,14?,15?,16-/m1/s1. The maximum Gasteiger partial charge on any atom is 0.147 e. The quantitative estimate of drug-likeness (QED) is 0.846. The highest BCUT2D eigenvalue weighted by Crippen LogP contribution is 2.51. The van der Waals surface area contributed by atoms with Crippen LogP contribution < -0.4 is 0 Å². The molecule has 108 valence electrons. The summed E-state index contributed by atoms with van der Waals surface area (Å²) in [5.74, 6) is 1.03. The highest BCUT2D eigenvalue weighted by molar-refractivity contribution is 5.14. The zero-order valence-electron chi connectivity index (χ0n) is 11.6. The van der Waals surface area contributed by atoms with Crippen LogP contribution in [0.15, 0.2) is 30.3 Å². The molecular weight excluding hydrogens is 256 g/mol. The highest BCUT2D eigenvalue weighted by atomic mass is 16.7. The van der Waals surface area contributed by atoms with Crippen molar-refractivity contribution in [2.24, 2.45) is 11.8 Å². The summed E-state index contributed by atoms with van der Waals surface area (Å²) in [6, 6.07) is 10.3. The van der Waals surface area contributed by atoms with E-state index in [1.807, 2.05) is 18.2 Å². The first-order valence-corrected chi connectivity index (χ1v) is 7.35. The summed E-state index contributed by atoms with van der Waals surface area (Å²) in [6.45, 7) is 3.83. The molecule has 1 saturated carbocycles. The fourth-order valence-electron chi connectivity index (χ4n) is 3.47. The molecule has 4 rings (SSSR count). The van der Waals surface area contributed by atoms with Crippen molar-refractivity contribution in [2.45, 2.75) is 37.9 Å². The van der Waals surface area contributed by atoms with Crippen LogP contribution in [0.3, 0.4) is 0 Å². The fraction of sp³-hybridized carbons (Fsp3) is 0.625. The minimum absolute atomic E-state index is 0.0127. The van der Waals surface area contributed by atoms with Gasteiger partial charge in [0.1, 0.15) is 19.0 Å². The third-order valence-corrected chi connectivity index (χ3v) is 4.68. The van der Waals surface area contributed by atoms with E-state index in [0.717, 1.165) is 0 Å². The average molecular weight is 276 g/mol. The highest BCUT2D eigenvalue weighted by Gasteiger charge is 2.62. The van der Waals surface area contributed by atoms with Gasteiger partial charge in [0, 0.05) is 5.92 Å². The van der Waals surface area contributed by atoms with Gasteiger partial charge in [0.25, 0.3) is 0 Å². The van der Waals surface area contributed by atoms with Crippen LogP contribution in [0, 0.1) is 11.8 Å². The lowest BCUT2D eigenvalue weighted by Gasteiger charge is -2.39. The monoisotopic (exact) mass is 276 g/mol. The van der Waals surface area contributed by atoms with E-state index in [0.29, 0.717) is 37.9 Å². The Morgan fingerprint density at radius 2 is 2.05 bits per heavy atom. The van der Waals surface area contributed by atoms with Crippen LogP contribution in [0.4, 0.5) is 0 Å².